The van der Waals surface area contributed by atoms with E-state index in [0.717, 1.165) is 17.7 Å². The number of hydrogen-bond donors (Lipinski definition) is 1. The lowest BCUT2D eigenvalue weighted by Crippen LogP contribution is -2.20. The molecule has 4 nitrogen and oxygen atoms in total. The van der Waals surface area contributed by atoms with Crippen molar-refractivity contribution in [1.82, 2.24) is 5.43 Å². The highest BCUT2D eigenvalue weighted by atomic mass is 16.5. The van der Waals surface area contributed by atoms with Crippen LogP contribution in [0.15, 0.2) is 59.7 Å². The van der Waals surface area contributed by atoms with Gasteiger partial charge in [0.1, 0.15) is 5.75 Å². The molecular weight excluding hydrogens is 276 g/mol. The van der Waals surface area contributed by atoms with Gasteiger partial charge in [0.2, 0.25) is 5.91 Å². The molecule has 0 aliphatic heterocycles. The molecule has 0 bridgehead atoms. The Morgan fingerprint density at radius 3 is 2.59 bits per heavy atom. The molecule has 4 heteroatoms. The van der Waals surface area contributed by atoms with Crippen molar-refractivity contribution in [2.75, 3.05) is 7.11 Å². The molecule has 0 heterocycles. The van der Waals surface area contributed by atoms with E-state index in [1.54, 1.807) is 13.3 Å². The molecule has 1 amide bonds. The SMILES string of the molecule is COc1ccc(C=NNC(=O)[C@H]2C[C@H]2c2ccccc2)cc1. The predicted octanol–water partition coefficient (Wildman–Crippen LogP) is 2.95. The lowest BCUT2D eigenvalue weighted by molar-refractivity contribution is -0.122. The van der Waals surface area contributed by atoms with Gasteiger partial charge in [-0.1, -0.05) is 30.3 Å². The Labute approximate surface area is 129 Å². The number of rotatable bonds is 5. The molecule has 2 aromatic carbocycles. The van der Waals surface area contributed by atoms with E-state index < -0.39 is 0 Å². The van der Waals surface area contributed by atoms with Crippen LogP contribution in [0.2, 0.25) is 0 Å². The molecule has 0 aromatic heterocycles. The van der Waals surface area contributed by atoms with Crippen molar-refractivity contribution < 1.29 is 9.53 Å². The molecule has 0 unspecified atom stereocenters. The van der Waals surface area contributed by atoms with Gasteiger partial charge in [-0.05, 0) is 47.7 Å². The molecule has 2 aromatic rings. The predicted molar refractivity (Wildman–Crippen MR) is 86.0 cm³/mol. The molecule has 1 N–H and O–H groups in total. The minimum Gasteiger partial charge on any atom is -0.497 e. The minimum atomic E-state index is -0.0152. The molecule has 22 heavy (non-hydrogen) atoms. The van der Waals surface area contributed by atoms with Crippen molar-refractivity contribution in [3.63, 3.8) is 0 Å². The Morgan fingerprint density at radius 1 is 1.18 bits per heavy atom. The highest BCUT2D eigenvalue weighted by Gasteiger charge is 2.43. The summed E-state index contributed by atoms with van der Waals surface area (Å²) in [6.45, 7) is 0. The van der Waals surface area contributed by atoms with E-state index in [2.05, 4.69) is 22.7 Å². The number of nitrogens with zero attached hydrogens (tertiary/aromatic N) is 1. The zero-order chi connectivity index (χ0) is 15.4. The lowest BCUT2D eigenvalue weighted by atomic mass is 10.1. The average molecular weight is 294 g/mol. The number of benzene rings is 2. The van der Waals surface area contributed by atoms with E-state index in [-0.39, 0.29) is 11.8 Å². The summed E-state index contributed by atoms with van der Waals surface area (Å²) < 4.78 is 5.09. The first-order valence-electron chi connectivity index (χ1n) is 7.30. The van der Waals surface area contributed by atoms with Crippen LogP contribution in [0.3, 0.4) is 0 Å². The van der Waals surface area contributed by atoms with E-state index in [1.165, 1.54) is 5.56 Å². The van der Waals surface area contributed by atoms with Gasteiger partial charge in [0, 0.05) is 5.92 Å². The van der Waals surface area contributed by atoms with Crippen LogP contribution in [0.25, 0.3) is 0 Å². The second-order valence-corrected chi connectivity index (χ2v) is 5.37. The smallest absolute Gasteiger partial charge is 0.243 e. The number of nitrogens with one attached hydrogen (secondary N) is 1. The van der Waals surface area contributed by atoms with Gasteiger partial charge >= 0.3 is 0 Å². The summed E-state index contributed by atoms with van der Waals surface area (Å²) in [5.74, 6) is 1.15. The largest absolute Gasteiger partial charge is 0.497 e. The maximum Gasteiger partial charge on any atom is 0.243 e. The minimum absolute atomic E-state index is 0.0152. The fourth-order valence-electron chi connectivity index (χ4n) is 2.50. The first kappa shape index (κ1) is 14.3. The summed E-state index contributed by atoms with van der Waals surface area (Å²) in [5.41, 5.74) is 4.76. The molecule has 0 spiro atoms. The number of hydrogen-bond acceptors (Lipinski definition) is 3. The molecule has 0 saturated heterocycles. The van der Waals surface area contributed by atoms with Crippen molar-refractivity contribution in [1.29, 1.82) is 0 Å². The van der Waals surface area contributed by atoms with E-state index >= 15 is 0 Å². The molecular formula is C18H18N2O2. The van der Waals surface area contributed by atoms with Crippen molar-refractivity contribution in [3.8, 4) is 5.75 Å². The Kier molecular flexibility index (Phi) is 4.19. The zero-order valence-corrected chi connectivity index (χ0v) is 12.4. The third-order valence-corrected chi connectivity index (χ3v) is 3.86. The Balaban J connectivity index is 1.51. The summed E-state index contributed by atoms with van der Waals surface area (Å²) in [5, 5.41) is 4.02. The topological polar surface area (TPSA) is 50.7 Å². The van der Waals surface area contributed by atoms with Crippen LogP contribution in [0.5, 0.6) is 5.75 Å². The molecule has 2 atom stereocenters. The zero-order valence-electron chi connectivity index (χ0n) is 12.4. The van der Waals surface area contributed by atoms with Gasteiger partial charge < -0.3 is 4.74 Å². The van der Waals surface area contributed by atoms with Gasteiger partial charge in [-0.25, -0.2) is 5.43 Å². The van der Waals surface area contributed by atoms with Crippen molar-refractivity contribution >= 4 is 12.1 Å². The molecule has 1 fully saturated rings. The van der Waals surface area contributed by atoms with E-state index in [0.29, 0.717) is 5.92 Å². The van der Waals surface area contributed by atoms with Gasteiger partial charge in [-0.15, -0.1) is 0 Å². The van der Waals surface area contributed by atoms with Crippen LogP contribution in [0.1, 0.15) is 23.5 Å². The summed E-state index contributed by atoms with van der Waals surface area (Å²) in [6.07, 6.45) is 2.53. The van der Waals surface area contributed by atoms with Gasteiger partial charge in [0.05, 0.1) is 13.3 Å². The van der Waals surface area contributed by atoms with Crippen molar-refractivity contribution in [2.24, 2.45) is 11.0 Å². The third-order valence-electron chi connectivity index (χ3n) is 3.86. The van der Waals surface area contributed by atoms with Gasteiger partial charge in [0.25, 0.3) is 0 Å². The second-order valence-electron chi connectivity index (χ2n) is 5.37. The molecule has 112 valence electrons. The number of methoxy groups -OCH3 is 1. The van der Waals surface area contributed by atoms with E-state index in [1.807, 2.05) is 42.5 Å². The van der Waals surface area contributed by atoms with E-state index in [4.69, 9.17) is 4.74 Å². The Bertz CT molecular complexity index is 665. The van der Waals surface area contributed by atoms with Crippen molar-refractivity contribution in [2.45, 2.75) is 12.3 Å². The van der Waals surface area contributed by atoms with Gasteiger partial charge in [0.15, 0.2) is 0 Å². The van der Waals surface area contributed by atoms with Gasteiger partial charge in [-0.2, -0.15) is 5.10 Å². The Hall–Kier alpha value is -2.62. The van der Waals surface area contributed by atoms with Crippen LogP contribution < -0.4 is 10.2 Å². The molecule has 1 aliphatic carbocycles. The first-order chi connectivity index (χ1) is 10.8. The molecule has 0 radical (unpaired) electrons. The molecule has 1 saturated carbocycles. The lowest BCUT2D eigenvalue weighted by Gasteiger charge is -2.01. The molecule has 3 rings (SSSR count). The summed E-state index contributed by atoms with van der Waals surface area (Å²) in [4.78, 5) is 12.0. The number of carbonyl (C=O) groups is 1. The summed E-state index contributed by atoms with van der Waals surface area (Å²) >= 11 is 0. The quantitative estimate of drug-likeness (QED) is 0.681. The van der Waals surface area contributed by atoms with Gasteiger partial charge in [-0.3, -0.25) is 4.79 Å². The fourth-order valence-corrected chi connectivity index (χ4v) is 2.50. The Morgan fingerprint density at radius 2 is 1.91 bits per heavy atom. The first-order valence-corrected chi connectivity index (χ1v) is 7.30. The number of ether oxygens (including phenoxy) is 1. The number of carbonyl (C=O) groups excluding carboxylic acids is 1. The third kappa shape index (κ3) is 3.34. The monoisotopic (exact) mass is 294 g/mol. The summed E-state index contributed by atoms with van der Waals surface area (Å²) in [7, 11) is 1.63. The maximum absolute atomic E-state index is 12.0. The average Bonchev–Trinajstić information content (AvgIpc) is 3.37. The highest BCUT2D eigenvalue weighted by Crippen LogP contribution is 2.47. The van der Waals surface area contributed by atoms with Crippen LogP contribution >= 0.6 is 0 Å². The number of amides is 1. The van der Waals surface area contributed by atoms with E-state index in [9.17, 15) is 4.79 Å². The summed E-state index contributed by atoms with van der Waals surface area (Å²) in [6, 6.07) is 17.6. The van der Waals surface area contributed by atoms with Crippen LogP contribution in [-0.2, 0) is 4.79 Å². The standard InChI is InChI=1S/C18H18N2O2/c1-22-15-9-7-13(8-10-15)12-19-20-18(21)17-11-16(17)14-5-3-2-4-6-14/h2-10,12,16-17H,11H2,1H3,(H,20,21)/t16-,17-/m0/s1. The number of hydrazone groups is 1. The van der Waals surface area contributed by atoms with Crippen LogP contribution in [0.4, 0.5) is 0 Å². The maximum atomic E-state index is 12.0. The highest BCUT2D eigenvalue weighted by molar-refractivity contribution is 5.85. The van der Waals surface area contributed by atoms with Crippen molar-refractivity contribution in [3.05, 3.63) is 65.7 Å². The normalized spacial score (nSPS) is 19.9. The fraction of sp³-hybridized carbons (Fsp3) is 0.222. The van der Waals surface area contributed by atoms with Crippen LogP contribution in [0, 0.1) is 5.92 Å². The second kappa shape index (κ2) is 6.43. The molecule has 1 aliphatic rings. The van der Waals surface area contributed by atoms with Crippen LogP contribution in [-0.4, -0.2) is 19.2 Å².